The second-order valence-electron chi connectivity index (χ2n) is 7.51. The van der Waals surface area contributed by atoms with E-state index in [2.05, 4.69) is 20.5 Å². The largest absolute Gasteiger partial charge is 0.495 e. The van der Waals surface area contributed by atoms with E-state index < -0.39 is 11.4 Å². The zero-order valence-electron chi connectivity index (χ0n) is 17.5. The number of benzene rings is 1. The molecule has 0 unspecified atom stereocenters. The molecule has 0 atom stereocenters. The molecular weight excluding hydrogens is 402 g/mol. The van der Waals surface area contributed by atoms with Gasteiger partial charge in [-0.05, 0) is 25.5 Å². The summed E-state index contributed by atoms with van der Waals surface area (Å²) in [5, 5.41) is 31.2. The van der Waals surface area contributed by atoms with Gasteiger partial charge in [0.05, 0.1) is 25.9 Å². The lowest BCUT2D eigenvalue weighted by Crippen LogP contribution is -2.27. The molecule has 1 aromatic carbocycles. The van der Waals surface area contributed by atoms with Crippen LogP contribution in [0.4, 0.5) is 0 Å². The van der Waals surface area contributed by atoms with Crippen LogP contribution >= 0.6 is 0 Å². The highest BCUT2D eigenvalue weighted by molar-refractivity contribution is 5.61. The van der Waals surface area contributed by atoms with Crippen molar-refractivity contribution >= 4 is 0 Å². The number of aliphatic hydroxyl groups is 1. The molecule has 0 amide bonds. The predicted molar refractivity (Wildman–Crippen MR) is 111 cm³/mol. The van der Waals surface area contributed by atoms with E-state index in [0.29, 0.717) is 41.7 Å². The summed E-state index contributed by atoms with van der Waals surface area (Å²) in [4.78, 5) is 18.0. The number of nitrogens with one attached hydrogen (secondary N) is 1. The Hall–Kier alpha value is -3.24. The van der Waals surface area contributed by atoms with Crippen LogP contribution in [0.5, 0.6) is 11.6 Å². The highest BCUT2D eigenvalue weighted by atomic mass is 16.5. The first kappa shape index (κ1) is 21.0. The molecule has 2 heterocycles. The number of methoxy groups -OCH3 is 1. The first-order chi connectivity index (χ1) is 15.1. The van der Waals surface area contributed by atoms with Crippen molar-refractivity contribution in [1.82, 2.24) is 25.1 Å². The predicted octanol–water partition coefficient (Wildman–Crippen LogP) is 1.55. The summed E-state index contributed by atoms with van der Waals surface area (Å²) in [6.45, 7) is 0.0140. The van der Waals surface area contributed by atoms with Gasteiger partial charge in [0.1, 0.15) is 11.6 Å². The molecule has 31 heavy (non-hydrogen) atoms. The summed E-state index contributed by atoms with van der Waals surface area (Å²) in [7, 11) is 3.22. The molecule has 4 rings (SSSR count). The average molecular weight is 427 g/mol. The van der Waals surface area contributed by atoms with Gasteiger partial charge in [-0.1, -0.05) is 25.0 Å². The van der Waals surface area contributed by atoms with Crippen molar-refractivity contribution in [2.45, 2.75) is 38.8 Å². The molecular formula is C21H25N5O5. The van der Waals surface area contributed by atoms with Crippen molar-refractivity contribution < 1.29 is 19.4 Å². The number of para-hydroxylation sites is 1. The number of aliphatic hydroxyl groups excluding tert-OH is 1. The van der Waals surface area contributed by atoms with E-state index in [1.54, 1.807) is 25.2 Å². The van der Waals surface area contributed by atoms with Gasteiger partial charge >= 0.3 is 0 Å². The van der Waals surface area contributed by atoms with E-state index in [-0.39, 0.29) is 24.0 Å². The third kappa shape index (κ3) is 4.17. The fourth-order valence-electron chi connectivity index (χ4n) is 3.57. The summed E-state index contributed by atoms with van der Waals surface area (Å²) in [5.74, 6) is 1.07. The molecule has 1 aliphatic rings. The highest BCUT2D eigenvalue weighted by Gasteiger charge is 2.27. The van der Waals surface area contributed by atoms with E-state index in [4.69, 9.17) is 9.15 Å². The normalized spacial score (nSPS) is 13.5. The van der Waals surface area contributed by atoms with Crippen LogP contribution in [0.2, 0.25) is 0 Å². The van der Waals surface area contributed by atoms with E-state index in [9.17, 15) is 15.0 Å². The molecule has 0 aliphatic heterocycles. The summed E-state index contributed by atoms with van der Waals surface area (Å²) < 4.78 is 12.4. The number of aryl methyl sites for hydroxylation is 1. The summed E-state index contributed by atoms with van der Waals surface area (Å²) >= 11 is 0. The molecule has 1 aliphatic carbocycles. The van der Waals surface area contributed by atoms with Crippen LogP contribution in [0, 0.1) is 5.92 Å². The molecule has 10 nitrogen and oxygen atoms in total. The molecule has 1 fully saturated rings. The van der Waals surface area contributed by atoms with Gasteiger partial charge in [0.2, 0.25) is 11.8 Å². The van der Waals surface area contributed by atoms with Crippen LogP contribution in [0.1, 0.15) is 36.5 Å². The molecule has 164 valence electrons. The molecule has 10 heteroatoms. The number of hydrogen-bond donors (Lipinski definition) is 3. The van der Waals surface area contributed by atoms with Gasteiger partial charge in [0.15, 0.2) is 5.56 Å². The van der Waals surface area contributed by atoms with Crippen molar-refractivity contribution in [2.24, 2.45) is 5.92 Å². The third-order valence-electron chi connectivity index (χ3n) is 5.31. The first-order valence-electron chi connectivity index (χ1n) is 10.2. The molecule has 0 bridgehead atoms. The van der Waals surface area contributed by atoms with Crippen LogP contribution in [0.3, 0.4) is 0 Å². The van der Waals surface area contributed by atoms with Gasteiger partial charge in [0.25, 0.3) is 11.4 Å². The Balaban J connectivity index is 1.94. The fourth-order valence-corrected chi connectivity index (χ4v) is 3.57. The first-order valence-corrected chi connectivity index (χ1v) is 10.2. The Bertz CT molecular complexity index is 1110. The van der Waals surface area contributed by atoms with E-state index in [1.807, 2.05) is 0 Å². The third-order valence-corrected chi connectivity index (χ3v) is 5.31. The standard InChI is InChI=1S/C21H25N5O5/c1-22-10-16-24-25-20(31-16)17-19(28)23-15(9-8-12-6-7-12)26(21(17)29)18-13(11-27)4-3-5-14(18)30-2/h3-5,12,22,27-28H,6-11H2,1-2H3. The minimum Gasteiger partial charge on any atom is -0.495 e. The zero-order valence-corrected chi connectivity index (χ0v) is 17.5. The average Bonchev–Trinajstić information content (AvgIpc) is 3.49. The van der Waals surface area contributed by atoms with Gasteiger partial charge in [0, 0.05) is 12.0 Å². The second kappa shape index (κ2) is 8.86. The van der Waals surface area contributed by atoms with Crippen LogP contribution in [-0.4, -0.2) is 44.1 Å². The molecule has 0 spiro atoms. The quantitative estimate of drug-likeness (QED) is 0.465. The Kier molecular flexibility index (Phi) is 6.01. The lowest BCUT2D eigenvalue weighted by Gasteiger charge is -2.19. The van der Waals surface area contributed by atoms with Gasteiger partial charge in [-0.2, -0.15) is 4.98 Å². The zero-order chi connectivity index (χ0) is 22.0. The molecule has 0 radical (unpaired) electrons. The number of hydrogen-bond acceptors (Lipinski definition) is 9. The Labute approximate surface area is 178 Å². The molecule has 0 saturated heterocycles. The Morgan fingerprint density at radius 1 is 1.32 bits per heavy atom. The number of aromatic hydroxyl groups is 1. The lowest BCUT2D eigenvalue weighted by molar-refractivity contribution is 0.280. The van der Waals surface area contributed by atoms with E-state index >= 15 is 0 Å². The van der Waals surface area contributed by atoms with Crippen LogP contribution in [0.15, 0.2) is 27.4 Å². The summed E-state index contributed by atoms with van der Waals surface area (Å²) in [5.41, 5.74) is 0.109. The minimum atomic E-state index is -0.572. The van der Waals surface area contributed by atoms with Crippen molar-refractivity contribution in [1.29, 1.82) is 0 Å². The maximum atomic E-state index is 13.7. The van der Waals surface area contributed by atoms with Gasteiger partial charge in [-0.3, -0.25) is 9.36 Å². The number of ether oxygens (including phenoxy) is 1. The maximum absolute atomic E-state index is 13.7. The monoisotopic (exact) mass is 427 g/mol. The smallest absolute Gasteiger partial charge is 0.275 e. The fraction of sp³-hybridized carbons (Fsp3) is 0.429. The highest BCUT2D eigenvalue weighted by Crippen LogP contribution is 2.35. The number of rotatable bonds is 9. The molecule has 2 aromatic heterocycles. The molecule has 1 saturated carbocycles. The minimum absolute atomic E-state index is 0.122. The van der Waals surface area contributed by atoms with Crippen LogP contribution in [-0.2, 0) is 19.6 Å². The SMILES string of the molecule is CNCc1nnc(-c2c(O)nc(CCC3CC3)n(-c3c(CO)cccc3OC)c2=O)o1. The van der Waals surface area contributed by atoms with E-state index in [0.717, 1.165) is 19.3 Å². The van der Waals surface area contributed by atoms with Gasteiger partial charge in [-0.15, -0.1) is 10.2 Å². The maximum Gasteiger partial charge on any atom is 0.275 e. The second-order valence-corrected chi connectivity index (χ2v) is 7.51. The Morgan fingerprint density at radius 3 is 2.81 bits per heavy atom. The number of nitrogens with zero attached hydrogens (tertiary/aromatic N) is 4. The van der Waals surface area contributed by atoms with Gasteiger partial charge < -0.3 is 24.7 Å². The summed E-state index contributed by atoms with van der Waals surface area (Å²) in [6, 6.07) is 5.15. The molecule has 3 N–H and O–H groups in total. The van der Waals surface area contributed by atoms with Crippen molar-refractivity contribution in [3.05, 3.63) is 45.8 Å². The van der Waals surface area contributed by atoms with Crippen molar-refractivity contribution in [3.8, 4) is 28.8 Å². The van der Waals surface area contributed by atoms with Gasteiger partial charge in [-0.25, -0.2) is 0 Å². The van der Waals surface area contributed by atoms with E-state index in [1.165, 1.54) is 11.7 Å². The lowest BCUT2D eigenvalue weighted by atomic mass is 10.1. The van der Waals surface area contributed by atoms with Crippen molar-refractivity contribution in [2.75, 3.05) is 14.2 Å². The van der Waals surface area contributed by atoms with Crippen molar-refractivity contribution in [3.63, 3.8) is 0 Å². The Morgan fingerprint density at radius 2 is 2.13 bits per heavy atom. The summed E-state index contributed by atoms with van der Waals surface area (Å²) in [6.07, 6.45) is 3.65. The van der Waals surface area contributed by atoms with Crippen LogP contribution < -0.4 is 15.6 Å². The van der Waals surface area contributed by atoms with Crippen LogP contribution in [0.25, 0.3) is 17.1 Å². The topological polar surface area (TPSA) is 136 Å². The molecule has 3 aromatic rings. The number of aromatic nitrogens is 4.